The maximum absolute atomic E-state index is 12.2. The number of hydrogen-bond acceptors (Lipinski definition) is 6. The Labute approximate surface area is 205 Å². The van der Waals surface area contributed by atoms with Gasteiger partial charge in [-0.1, -0.05) is 17.7 Å². The molecule has 1 aromatic carbocycles. The lowest BCUT2D eigenvalue weighted by Gasteiger charge is -2.32. The zero-order valence-corrected chi connectivity index (χ0v) is 20.1. The standard InChI is InChI=1S/C26H30ClN5O2/c27-22-16-29-26(30-17-22)32-9-4-18(5-10-32)24-13-20(24)6-11-34-23-3-2-19(21(12-23)15-28)14-25(33)31-7-1-8-31/h2-3,12,16-18,20,24H,1,4-11,13-14H2/t20-,24-/m1/s1. The molecule has 1 amide bonds. The van der Waals surface area contributed by atoms with Gasteiger partial charge in [-0.3, -0.25) is 4.79 Å². The molecule has 3 heterocycles. The van der Waals surface area contributed by atoms with E-state index in [2.05, 4.69) is 20.9 Å². The molecule has 178 valence electrons. The van der Waals surface area contributed by atoms with Crippen molar-refractivity contribution in [3.8, 4) is 11.8 Å². The third-order valence-electron chi connectivity index (χ3n) is 7.52. The van der Waals surface area contributed by atoms with Crippen molar-refractivity contribution in [1.29, 1.82) is 5.26 Å². The Bertz CT molecular complexity index is 1060. The van der Waals surface area contributed by atoms with E-state index in [4.69, 9.17) is 16.3 Å². The van der Waals surface area contributed by atoms with E-state index in [1.807, 2.05) is 17.0 Å². The van der Waals surface area contributed by atoms with Gasteiger partial charge in [-0.15, -0.1) is 0 Å². The predicted molar refractivity (Wildman–Crippen MR) is 130 cm³/mol. The number of carbonyl (C=O) groups excluding carboxylic acids is 1. The van der Waals surface area contributed by atoms with Gasteiger partial charge in [0, 0.05) is 26.2 Å². The monoisotopic (exact) mass is 479 g/mol. The summed E-state index contributed by atoms with van der Waals surface area (Å²) < 4.78 is 5.98. The number of nitrogens with zero attached hydrogens (tertiary/aromatic N) is 5. The molecule has 7 nitrogen and oxygen atoms in total. The number of anilines is 1. The van der Waals surface area contributed by atoms with Gasteiger partial charge in [0.15, 0.2) is 0 Å². The van der Waals surface area contributed by atoms with Crippen LogP contribution in [0.1, 0.15) is 43.2 Å². The molecule has 3 fully saturated rings. The molecule has 0 radical (unpaired) electrons. The topological polar surface area (TPSA) is 82.3 Å². The molecule has 0 spiro atoms. The number of piperidine rings is 1. The Kier molecular flexibility index (Phi) is 6.87. The second-order valence-electron chi connectivity index (χ2n) is 9.66. The van der Waals surface area contributed by atoms with Crippen LogP contribution in [0, 0.1) is 29.1 Å². The van der Waals surface area contributed by atoms with Gasteiger partial charge in [-0.05, 0) is 67.6 Å². The fourth-order valence-corrected chi connectivity index (χ4v) is 5.35. The smallest absolute Gasteiger partial charge is 0.227 e. The first kappa shape index (κ1) is 22.9. The van der Waals surface area contributed by atoms with Crippen LogP contribution in [0.15, 0.2) is 30.6 Å². The summed E-state index contributed by atoms with van der Waals surface area (Å²) in [5.74, 6) is 3.87. The Morgan fingerprint density at radius 2 is 1.94 bits per heavy atom. The third kappa shape index (κ3) is 5.28. The molecule has 2 atom stereocenters. The lowest BCUT2D eigenvalue weighted by molar-refractivity contribution is -0.133. The predicted octanol–water partition coefficient (Wildman–Crippen LogP) is 4.10. The van der Waals surface area contributed by atoms with Crippen LogP contribution in [0.5, 0.6) is 5.75 Å². The number of nitriles is 1. The van der Waals surface area contributed by atoms with Crippen LogP contribution in [0.3, 0.4) is 0 Å². The van der Waals surface area contributed by atoms with Gasteiger partial charge in [-0.2, -0.15) is 5.26 Å². The molecule has 2 aliphatic heterocycles. The van der Waals surface area contributed by atoms with Crippen molar-refractivity contribution in [1.82, 2.24) is 14.9 Å². The summed E-state index contributed by atoms with van der Waals surface area (Å²) in [5, 5.41) is 10.1. The van der Waals surface area contributed by atoms with Crippen molar-refractivity contribution in [3.63, 3.8) is 0 Å². The lowest BCUT2D eigenvalue weighted by Crippen LogP contribution is -2.42. The maximum atomic E-state index is 12.2. The van der Waals surface area contributed by atoms with Crippen molar-refractivity contribution in [2.45, 2.75) is 38.5 Å². The van der Waals surface area contributed by atoms with Gasteiger partial charge in [0.1, 0.15) is 5.75 Å². The van der Waals surface area contributed by atoms with E-state index < -0.39 is 0 Å². The van der Waals surface area contributed by atoms with Gasteiger partial charge in [0.05, 0.1) is 42.1 Å². The summed E-state index contributed by atoms with van der Waals surface area (Å²) in [7, 11) is 0. The molecular weight excluding hydrogens is 450 g/mol. The fourth-order valence-electron chi connectivity index (χ4n) is 5.25. The average Bonchev–Trinajstić information content (AvgIpc) is 3.59. The third-order valence-corrected chi connectivity index (χ3v) is 7.72. The van der Waals surface area contributed by atoms with Crippen LogP contribution >= 0.6 is 11.6 Å². The number of benzene rings is 1. The van der Waals surface area contributed by atoms with Crippen molar-refractivity contribution >= 4 is 23.5 Å². The minimum Gasteiger partial charge on any atom is -0.494 e. The van der Waals surface area contributed by atoms with E-state index in [-0.39, 0.29) is 12.3 Å². The SMILES string of the molecule is N#Cc1cc(OCC[C@@H]2C[C@@H]2C2CCN(c3ncc(Cl)cn3)CC2)ccc1CC(=O)N1CCC1. The van der Waals surface area contributed by atoms with Gasteiger partial charge in [-0.25, -0.2) is 9.97 Å². The largest absolute Gasteiger partial charge is 0.494 e. The molecule has 2 saturated heterocycles. The summed E-state index contributed by atoms with van der Waals surface area (Å²) in [6.07, 6.45) is 9.36. The lowest BCUT2D eigenvalue weighted by atomic mass is 9.90. The Morgan fingerprint density at radius 3 is 2.62 bits per heavy atom. The average molecular weight is 480 g/mol. The second-order valence-corrected chi connectivity index (χ2v) is 10.1. The highest BCUT2D eigenvalue weighted by Crippen LogP contribution is 2.49. The number of halogens is 1. The van der Waals surface area contributed by atoms with Crippen LogP contribution in [0.4, 0.5) is 5.95 Å². The number of rotatable bonds is 8. The molecule has 3 aliphatic rings. The molecular formula is C26H30ClN5O2. The molecule has 2 aromatic rings. The molecule has 0 bridgehead atoms. The molecule has 0 unspecified atom stereocenters. The number of ether oxygens (including phenoxy) is 1. The minimum atomic E-state index is 0.0997. The number of aromatic nitrogens is 2. The van der Waals surface area contributed by atoms with Crippen LogP contribution in [-0.4, -0.2) is 53.6 Å². The van der Waals surface area contributed by atoms with E-state index >= 15 is 0 Å². The Hall–Kier alpha value is -2.85. The van der Waals surface area contributed by atoms with E-state index in [0.717, 1.165) is 68.3 Å². The second kappa shape index (κ2) is 10.2. The Morgan fingerprint density at radius 1 is 1.18 bits per heavy atom. The summed E-state index contributed by atoms with van der Waals surface area (Å²) in [6, 6.07) is 7.75. The van der Waals surface area contributed by atoms with Crippen LogP contribution < -0.4 is 9.64 Å². The summed E-state index contributed by atoms with van der Waals surface area (Å²) >= 11 is 5.90. The first-order chi connectivity index (χ1) is 16.6. The number of likely N-dealkylation sites (tertiary alicyclic amines) is 1. The van der Waals surface area contributed by atoms with Crippen molar-refractivity contribution in [2.24, 2.45) is 17.8 Å². The van der Waals surface area contributed by atoms with Crippen LogP contribution in [0.2, 0.25) is 5.02 Å². The quantitative estimate of drug-likeness (QED) is 0.567. The van der Waals surface area contributed by atoms with Gasteiger partial charge in [0.25, 0.3) is 0 Å². The molecule has 1 aromatic heterocycles. The molecule has 34 heavy (non-hydrogen) atoms. The van der Waals surface area contributed by atoms with Crippen molar-refractivity contribution in [3.05, 3.63) is 46.7 Å². The van der Waals surface area contributed by atoms with Crippen molar-refractivity contribution in [2.75, 3.05) is 37.7 Å². The Balaban J connectivity index is 1.04. The van der Waals surface area contributed by atoms with E-state index in [1.165, 1.54) is 19.3 Å². The number of carbonyl (C=O) groups is 1. The highest BCUT2D eigenvalue weighted by molar-refractivity contribution is 6.30. The molecule has 8 heteroatoms. The number of amides is 1. The molecule has 1 saturated carbocycles. The maximum Gasteiger partial charge on any atom is 0.227 e. The minimum absolute atomic E-state index is 0.0997. The first-order valence-corrected chi connectivity index (χ1v) is 12.6. The van der Waals surface area contributed by atoms with Gasteiger partial charge in [0.2, 0.25) is 11.9 Å². The fraction of sp³-hybridized carbons (Fsp3) is 0.538. The van der Waals surface area contributed by atoms with E-state index in [0.29, 0.717) is 22.9 Å². The molecule has 1 aliphatic carbocycles. The van der Waals surface area contributed by atoms with Gasteiger partial charge < -0.3 is 14.5 Å². The molecule has 0 N–H and O–H groups in total. The summed E-state index contributed by atoms with van der Waals surface area (Å²) in [6.45, 7) is 4.32. The van der Waals surface area contributed by atoms with Gasteiger partial charge >= 0.3 is 0 Å². The van der Waals surface area contributed by atoms with Crippen LogP contribution in [0.25, 0.3) is 0 Å². The zero-order valence-electron chi connectivity index (χ0n) is 19.3. The van der Waals surface area contributed by atoms with Crippen LogP contribution in [-0.2, 0) is 11.2 Å². The number of hydrogen-bond donors (Lipinski definition) is 0. The molecule has 5 rings (SSSR count). The highest BCUT2D eigenvalue weighted by Gasteiger charge is 2.43. The van der Waals surface area contributed by atoms with Crippen molar-refractivity contribution < 1.29 is 9.53 Å². The zero-order chi connectivity index (χ0) is 23.5. The van der Waals surface area contributed by atoms with E-state index in [1.54, 1.807) is 18.5 Å². The summed E-state index contributed by atoms with van der Waals surface area (Å²) in [5.41, 5.74) is 1.32. The highest BCUT2D eigenvalue weighted by atomic mass is 35.5. The normalized spacial score (nSPS) is 22.1. The van der Waals surface area contributed by atoms with E-state index in [9.17, 15) is 10.1 Å². The summed E-state index contributed by atoms with van der Waals surface area (Å²) in [4.78, 5) is 25.0. The first-order valence-electron chi connectivity index (χ1n) is 12.3.